The highest BCUT2D eigenvalue weighted by Gasteiger charge is 2.35. The van der Waals surface area contributed by atoms with Crippen LogP contribution >= 0.6 is 0 Å². The van der Waals surface area contributed by atoms with Crippen LogP contribution in [0.25, 0.3) is 0 Å². The van der Waals surface area contributed by atoms with Crippen LogP contribution in [0.2, 0.25) is 0 Å². The van der Waals surface area contributed by atoms with Crippen LogP contribution in [-0.2, 0) is 9.53 Å². The third-order valence-corrected chi connectivity index (χ3v) is 4.17. The summed E-state index contributed by atoms with van der Waals surface area (Å²) in [6.45, 7) is 5.62. The first-order valence-electron chi connectivity index (χ1n) is 9.10. The maximum Gasteiger partial charge on any atom is 0.338 e. The molecule has 1 aliphatic heterocycles. The lowest BCUT2D eigenvalue weighted by Gasteiger charge is -2.13. The summed E-state index contributed by atoms with van der Waals surface area (Å²) in [4.78, 5) is 61.4. The predicted molar refractivity (Wildman–Crippen MR) is 98.8 cm³/mol. The minimum absolute atomic E-state index is 0.0369. The number of nitrogens with one attached hydrogen (secondary N) is 2. The fourth-order valence-electron chi connectivity index (χ4n) is 2.64. The first-order valence-corrected chi connectivity index (χ1v) is 9.10. The van der Waals surface area contributed by atoms with Crippen molar-refractivity contribution in [3.63, 3.8) is 0 Å². The molecule has 1 aliphatic rings. The molecule has 0 fully saturated rings. The zero-order valence-electron chi connectivity index (χ0n) is 16.0. The van der Waals surface area contributed by atoms with Gasteiger partial charge >= 0.3 is 12.0 Å². The van der Waals surface area contributed by atoms with Gasteiger partial charge in [0.15, 0.2) is 6.10 Å². The minimum Gasteiger partial charge on any atom is -0.449 e. The highest BCUT2D eigenvalue weighted by Crippen LogP contribution is 2.24. The maximum absolute atomic E-state index is 12.4. The Morgan fingerprint density at radius 2 is 1.79 bits per heavy atom. The van der Waals surface area contributed by atoms with Gasteiger partial charge in [0, 0.05) is 13.1 Å². The fourth-order valence-corrected chi connectivity index (χ4v) is 2.64. The molecule has 2 N–H and O–H groups in total. The number of ether oxygens (including phenoxy) is 1. The van der Waals surface area contributed by atoms with E-state index in [-0.39, 0.29) is 22.6 Å². The van der Waals surface area contributed by atoms with Crippen molar-refractivity contribution in [2.75, 3.05) is 13.1 Å². The van der Waals surface area contributed by atoms with Crippen LogP contribution in [-0.4, -0.2) is 53.8 Å². The van der Waals surface area contributed by atoms with Crippen LogP contribution in [0.3, 0.4) is 0 Å². The van der Waals surface area contributed by atoms with Gasteiger partial charge in [-0.15, -0.1) is 0 Å². The number of benzene rings is 1. The molecule has 150 valence electrons. The molecule has 9 nitrogen and oxygen atoms in total. The first-order chi connectivity index (χ1) is 13.3. The molecule has 1 heterocycles. The number of esters is 1. The topological polar surface area (TPSA) is 122 Å². The Kier molecular flexibility index (Phi) is 6.86. The predicted octanol–water partition coefficient (Wildman–Crippen LogP) is 1.47. The van der Waals surface area contributed by atoms with Gasteiger partial charge < -0.3 is 10.1 Å². The summed E-state index contributed by atoms with van der Waals surface area (Å²) in [6, 6.07) is 3.36. The molecule has 0 aliphatic carbocycles. The smallest absolute Gasteiger partial charge is 0.338 e. The van der Waals surface area contributed by atoms with E-state index in [9.17, 15) is 24.0 Å². The number of nitrogens with zero attached hydrogens (tertiary/aromatic N) is 1. The second-order valence-electron chi connectivity index (χ2n) is 6.27. The van der Waals surface area contributed by atoms with Gasteiger partial charge in [-0.3, -0.25) is 24.6 Å². The summed E-state index contributed by atoms with van der Waals surface area (Å²) in [5, 5.41) is 4.43. The van der Waals surface area contributed by atoms with E-state index in [4.69, 9.17) is 4.74 Å². The standard InChI is InChI=1S/C19H23N3O6/c1-4-6-9-22-16(24)13-8-7-12(10-14(13)17(22)25)18(26)28-11(3)15(23)21-19(27)20-5-2/h7-8,10-11H,4-6,9H2,1-3H3,(H2,20,21,23,27)/t11-/m1/s1. The van der Waals surface area contributed by atoms with Crippen molar-refractivity contribution in [3.8, 4) is 0 Å². The molecule has 0 saturated heterocycles. The third kappa shape index (κ3) is 4.54. The number of amides is 5. The minimum atomic E-state index is -1.22. The summed E-state index contributed by atoms with van der Waals surface area (Å²) in [5.41, 5.74) is 0.407. The first kappa shape index (κ1) is 21.1. The molecule has 1 aromatic rings. The summed E-state index contributed by atoms with van der Waals surface area (Å²) < 4.78 is 5.05. The number of imide groups is 2. The molecule has 0 spiro atoms. The van der Waals surface area contributed by atoms with E-state index in [0.717, 1.165) is 11.3 Å². The van der Waals surface area contributed by atoms with E-state index < -0.39 is 29.9 Å². The largest absolute Gasteiger partial charge is 0.449 e. The Bertz CT molecular complexity index is 820. The van der Waals surface area contributed by atoms with Crippen LogP contribution < -0.4 is 10.6 Å². The Morgan fingerprint density at radius 3 is 2.43 bits per heavy atom. The summed E-state index contributed by atoms with van der Waals surface area (Å²) in [7, 11) is 0. The molecule has 0 unspecified atom stereocenters. The third-order valence-electron chi connectivity index (χ3n) is 4.17. The molecule has 2 rings (SSSR count). The van der Waals surface area contributed by atoms with E-state index in [1.807, 2.05) is 12.2 Å². The summed E-state index contributed by atoms with van der Waals surface area (Å²) >= 11 is 0. The number of rotatable bonds is 7. The summed E-state index contributed by atoms with van der Waals surface area (Å²) in [6.07, 6.45) is 0.307. The molecule has 28 heavy (non-hydrogen) atoms. The van der Waals surface area contributed by atoms with Crippen molar-refractivity contribution in [2.45, 2.75) is 39.7 Å². The van der Waals surface area contributed by atoms with Gasteiger partial charge in [-0.1, -0.05) is 13.3 Å². The average Bonchev–Trinajstić information content (AvgIpc) is 2.90. The number of urea groups is 1. The molecule has 0 radical (unpaired) electrons. The number of hydrogen-bond donors (Lipinski definition) is 2. The maximum atomic E-state index is 12.4. The van der Waals surface area contributed by atoms with Crippen LogP contribution in [0, 0.1) is 0 Å². The SMILES string of the molecule is CCCCN1C(=O)c2ccc(C(=O)O[C@H](C)C(=O)NC(=O)NCC)cc2C1=O. The van der Waals surface area contributed by atoms with Crippen molar-refractivity contribution in [3.05, 3.63) is 34.9 Å². The van der Waals surface area contributed by atoms with Gasteiger partial charge in [-0.2, -0.15) is 0 Å². The number of carbonyl (C=O) groups excluding carboxylic acids is 5. The van der Waals surface area contributed by atoms with Crippen molar-refractivity contribution in [1.29, 1.82) is 0 Å². The van der Waals surface area contributed by atoms with Crippen LogP contribution in [0.15, 0.2) is 18.2 Å². The number of hydrogen-bond acceptors (Lipinski definition) is 6. The lowest BCUT2D eigenvalue weighted by atomic mass is 10.1. The molecular weight excluding hydrogens is 366 g/mol. The Morgan fingerprint density at radius 1 is 1.11 bits per heavy atom. The molecule has 9 heteroatoms. The van der Waals surface area contributed by atoms with Gasteiger partial charge in [0.2, 0.25) is 0 Å². The van der Waals surface area contributed by atoms with E-state index >= 15 is 0 Å². The molecule has 0 saturated carbocycles. The van der Waals surface area contributed by atoms with Crippen molar-refractivity contribution in [1.82, 2.24) is 15.5 Å². The van der Waals surface area contributed by atoms with Gasteiger partial charge in [0.05, 0.1) is 16.7 Å². The molecular formula is C19H23N3O6. The van der Waals surface area contributed by atoms with Gasteiger partial charge in [0.25, 0.3) is 17.7 Å². The second-order valence-corrected chi connectivity index (χ2v) is 6.27. The van der Waals surface area contributed by atoms with Crippen LogP contribution in [0.4, 0.5) is 4.79 Å². The quantitative estimate of drug-likeness (QED) is 0.538. The van der Waals surface area contributed by atoms with Crippen LogP contribution in [0.1, 0.15) is 64.7 Å². The van der Waals surface area contributed by atoms with E-state index in [0.29, 0.717) is 19.5 Å². The highest BCUT2D eigenvalue weighted by molar-refractivity contribution is 6.22. The molecule has 0 bridgehead atoms. The lowest BCUT2D eigenvalue weighted by Crippen LogP contribution is -2.44. The molecule has 5 amide bonds. The molecule has 1 aromatic carbocycles. The molecule has 1 atom stereocenters. The van der Waals surface area contributed by atoms with Crippen LogP contribution in [0.5, 0.6) is 0 Å². The Hall–Kier alpha value is -3.23. The van der Waals surface area contributed by atoms with E-state index in [2.05, 4.69) is 5.32 Å². The number of unbranched alkanes of at least 4 members (excludes halogenated alkanes) is 1. The molecule has 0 aromatic heterocycles. The van der Waals surface area contributed by atoms with Crippen molar-refractivity contribution < 1.29 is 28.7 Å². The lowest BCUT2D eigenvalue weighted by molar-refractivity contribution is -0.127. The monoisotopic (exact) mass is 389 g/mol. The zero-order valence-corrected chi connectivity index (χ0v) is 16.0. The van der Waals surface area contributed by atoms with Crippen molar-refractivity contribution >= 4 is 29.7 Å². The van der Waals surface area contributed by atoms with Crippen molar-refractivity contribution in [2.24, 2.45) is 0 Å². The highest BCUT2D eigenvalue weighted by atomic mass is 16.5. The Labute approximate surface area is 162 Å². The fraction of sp³-hybridized carbons (Fsp3) is 0.421. The van der Waals surface area contributed by atoms with Gasteiger partial charge in [0.1, 0.15) is 0 Å². The van der Waals surface area contributed by atoms with E-state index in [1.54, 1.807) is 6.92 Å². The zero-order chi connectivity index (χ0) is 20.8. The van der Waals surface area contributed by atoms with Gasteiger partial charge in [-0.05, 0) is 38.5 Å². The number of fused-ring (bicyclic) bond motifs is 1. The Balaban J connectivity index is 2.08. The number of carbonyl (C=O) groups is 5. The normalized spacial score (nSPS) is 13.8. The second kappa shape index (κ2) is 9.12. The summed E-state index contributed by atoms with van der Waals surface area (Å²) in [5.74, 6) is -2.46. The average molecular weight is 389 g/mol. The van der Waals surface area contributed by atoms with Gasteiger partial charge in [-0.25, -0.2) is 9.59 Å². The van der Waals surface area contributed by atoms with E-state index in [1.165, 1.54) is 25.1 Å².